The molecular formula is C21H16Br2FNO5S. The van der Waals surface area contributed by atoms with Crippen LogP contribution in [0.1, 0.15) is 18.1 Å². The van der Waals surface area contributed by atoms with Crippen LogP contribution in [0.2, 0.25) is 0 Å². The van der Waals surface area contributed by atoms with Gasteiger partial charge in [0.25, 0.3) is 11.1 Å². The van der Waals surface area contributed by atoms with E-state index in [0.29, 0.717) is 25.8 Å². The second kappa shape index (κ2) is 9.97. The van der Waals surface area contributed by atoms with E-state index in [1.54, 1.807) is 30.3 Å². The highest BCUT2D eigenvalue weighted by Gasteiger charge is 2.41. The number of amides is 2. The number of hydrogen-bond donors (Lipinski definition) is 0. The van der Waals surface area contributed by atoms with Crippen molar-refractivity contribution in [2.75, 3.05) is 7.11 Å². The van der Waals surface area contributed by atoms with E-state index in [0.717, 1.165) is 16.7 Å². The maximum Gasteiger partial charge on any atom is 0.328 e. The van der Waals surface area contributed by atoms with Crippen LogP contribution in [0.5, 0.6) is 5.75 Å². The van der Waals surface area contributed by atoms with E-state index in [1.165, 1.54) is 26.2 Å². The maximum atomic E-state index is 13.3. The predicted molar refractivity (Wildman–Crippen MR) is 122 cm³/mol. The number of halogens is 3. The number of ether oxygens (including phenoxy) is 2. The van der Waals surface area contributed by atoms with Crippen molar-refractivity contribution in [3.8, 4) is 5.75 Å². The van der Waals surface area contributed by atoms with Gasteiger partial charge in [0.15, 0.2) is 0 Å². The van der Waals surface area contributed by atoms with Crippen molar-refractivity contribution in [3.63, 3.8) is 0 Å². The zero-order chi connectivity index (χ0) is 22.7. The fourth-order valence-electron chi connectivity index (χ4n) is 2.82. The van der Waals surface area contributed by atoms with Gasteiger partial charge in [0.2, 0.25) is 0 Å². The fraction of sp³-hybridized carbons (Fsp3) is 0.190. The van der Waals surface area contributed by atoms with E-state index in [9.17, 15) is 18.8 Å². The van der Waals surface area contributed by atoms with Crippen molar-refractivity contribution in [1.82, 2.24) is 4.90 Å². The third-order valence-corrected chi connectivity index (χ3v) is 6.41. The molecule has 0 aromatic heterocycles. The van der Waals surface area contributed by atoms with Gasteiger partial charge in [-0.05, 0) is 92.0 Å². The molecule has 1 saturated heterocycles. The standard InChI is InChI=1S/C21H16Br2FNO5S/c1-11(20(27)29-2)25-19(26)17(31-21(25)28)9-13-7-15(22)18(16(23)8-13)30-10-12-4-3-5-14(24)6-12/h3-9,11H,10H2,1-2H3/b17-9+/t11-/m1/s1. The van der Waals surface area contributed by atoms with E-state index >= 15 is 0 Å². The van der Waals surface area contributed by atoms with Crippen molar-refractivity contribution in [3.05, 3.63) is 67.2 Å². The van der Waals surface area contributed by atoms with Gasteiger partial charge in [-0.25, -0.2) is 9.18 Å². The van der Waals surface area contributed by atoms with Crippen LogP contribution in [-0.2, 0) is 20.9 Å². The molecule has 0 radical (unpaired) electrons. The van der Waals surface area contributed by atoms with Crippen LogP contribution in [0.15, 0.2) is 50.2 Å². The molecule has 0 bridgehead atoms. The highest BCUT2D eigenvalue weighted by atomic mass is 79.9. The van der Waals surface area contributed by atoms with Gasteiger partial charge in [-0.1, -0.05) is 12.1 Å². The molecule has 0 saturated carbocycles. The highest BCUT2D eigenvalue weighted by molar-refractivity contribution is 9.11. The molecule has 1 atom stereocenters. The van der Waals surface area contributed by atoms with E-state index in [1.807, 2.05) is 0 Å². The maximum absolute atomic E-state index is 13.3. The number of imide groups is 1. The first-order valence-corrected chi connectivity index (χ1v) is 11.3. The first-order valence-electron chi connectivity index (χ1n) is 8.92. The Balaban J connectivity index is 1.79. The molecule has 0 unspecified atom stereocenters. The molecule has 3 rings (SSSR count). The summed E-state index contributed by atoms with van der Waals surface area (Å²) in [5.41, 5.74) is 1.31. The SMILES string of the molecule is COC(=O)[C@@H](C)N1C(=O)S/C(=C/c2cc(Br)c(OCc3cccc(F)c3)c(Br)c2)C1=O. The Bertz CT molecular complexity index is 1070. The zero-order valence-corrected chi connectivity index (χ0v) is 20.3. The Morgan fingerprint density at radius 2 is 1.90 bits per heavy atom. The summed E-state index contributed by atoms with van der Waals surface area (Å²) < 4.78 is 25.0. The molecule has 10 heteroatoms. The first-order chi connectivity index (χ1) is 14.7. The molecule has 162 valence electrons. The van der Waals surface area contributed by atoms with Gasteiger partial charge in [0.05, 0.1) is 21.0 Å². The summed E-state index contributed by atoms with van der Waals surface area (Å²) in [7, 11) is 1.20. The summed E-state index contributed by atoms with van der Waals surface area (Å²) in [6.45, 7) is 1.60. The van der Waals surface area contributed by atoms with Gasteiger partial charge in [0, 0.05) is 0 Å². The van der Waals surface area contributed by atoms with Crippen molar-refractivity contribution < 1.29 is 28.2 Å². The lowest BCUT2D eigenvalue weighted by molar-refractivity contribution is -0.148. The third-order valence-electron chi connectivity index (χ3n) is 4.34. The quantitative estimate of drug-likeness (QED) is 0.335. The van der Waals surface area contributed by atoms with Gasteiger partial charge in [0.1, 0.15) is 24.2 Å². The van der Waals surface area contributed by atoms with Crippen molar-refractivity contribution >= 4 is 66.8 Å². The van der Waals surface area contributed by atoms with Crippen LogP contribution >= 0.6 is 43.6 Å². The highest BCUT2D eigenvalue weighted by Crippen LogP contribution is 2.38. The molecule has 31 heavy (non-hydrogen) atoms. The molecule has 0 aliphatic carbocycles. The minimum absolute atomic E-state index is 0.165. The first kappa shape index (κ1) is 23.5. The molecular weight excluding hydrogens is 557 g/mol. The molecule has 1 aliphatic heterocycles. The number of hydrogen-bond acceptors (Lipinski definition) is 6. The van der Waals surface area contributed by atoms with Gasteiger partial charge >= 0.3 is 5.97 Å². The summed E-state index contributed by atoms with van der Waals surface area (Å²) >= 11 is 7.63. The van der Waals surface area contributed by atoms with E-state index in [4.69, 9.17) is 4.74 Å². The fourth-order valence-corrected chi connectivity index (χ4v) is 5.18. The summed E-state index contributed by atoms with van der Waals surface area (Å²) in [6, 6.07) is 8.55. The summed E-state index contributed by atoms with van der Waals surface area (Å²) in [4.78, 5) is 37.7. The summed E-state index contributed by atoms with van der Waals surface area (Å²) in [5, 5.41) is -0.540. The van der Waals surface area contributed by atoms with Crippen LogP contribution < -0.4 is 4.74 Å². The molecule has 1 heterocycles. The van der Waals surface area contributed by atoms with E-state index in [-0.39, 0.29) is 17.3 Å². The number of thioether (sulfide) groups is 1. The van der Waals surface area contributed by atoms with Gasteiger partial charge in [-0.3, -0.25) is 14.5 Å². The Hall–Kier alpha value is -2.17. The third kappa shape index (κ3) is 5.36. The Morgan fingerprint density at radius 3 is 2.52 bits per heavy atom. The molecule has 0 N–H and O–H groups in total. The molecule has 0 spiro atoms. The number of carbonyl (C=O) groups excluding carboxylic acids is 3. The monoisotopic (exact) mass is 571 g/mol. The van der Waals surface area contributed by atoms with E-state index < -0.39 is 23.2 Å². The molecule has 2 aromatic carbocycles. The number of rotatable bonds is 6. The van der Waals surface area contributed by atoms with E-state index in [2.05, 4.69) is 36.6 Å². The van der Waals surface area contributed by atoms with Crippen LogP contribution in [0.3, 0.4) is 0 Å². The van der Waals surface area contributed by atoms with Gasteiger partial charge in [-0.2, -0.15) is 0 Å². The largest absolute Gasteiger partial charge is 0.487 e. The number of esters is 1. The molecule has 1 fully saturated rings. The lowest BCUT2D eigenvalue weighted by atomic mass is 10.2. The normalized spacial score (nSPS) is 16.0. The average molecular weight is 573 g/mol. The van der Waals surface area contributed by atoms with Crippen LogP contribution in [0.4, 0.5) is 9.18 Å². The summed E-state index contributed by atoms with van der Waals surface area (Å²) in [6.07, 6.45) is 1.56. The topological polar surface area (TPSA) is 72.9 Å². The molecule has 2 amide bonds. The van der Waals surface area contributed by atoms with Crippen molar-refractivity contribution in [2.45, 2.75) is 19.6 Å². The van der Waals surface area contributed by atoms with Crippen LogP contribution in [0, 0.1) is 5.82 Å². The molecule has 2 aromatic rings. The van der Waals surface area contributed by atoms with Crippen LogP contribution in [0.25, 0.3) is 6.08 Å². The minimum atomic E-state index is -1.01. The number of benzene rings is 2. The lowest BCUT2D eigenvalue weighted by Crippen LogP contribution is -2.42. The number of nitrogens with zero attached hydrogens (tertiary/aromatic N) is 1. The van der Waals surface area contributed by atoms with Crippen molar-refractivity contribution in [1.29, 1.82) is 0 Å². The summed E-state index contributed by atoms with van der Waals surface area (Å²) in [5.74, 6) is -1.07. The number of methoxy groups -OCH3 is 1. The second-order valence-corrected chi connectivity index (χ2v) is 9.18. The predicted octanol–water partition coefficient (Wildman–Crippen LogP) is 5.53. The van der Waals surface area contributed by atoms with Crippen molar-refractivity contribution in [2.24, 2.45) is 0 Å². The van der Waals surface area contributed by atoms with Crippen LogP contribution in [-0.4, -0.2) is 35.2 Å². The Labute approximate surface area is 199 Å². The molecule has 6 nitrogen and oxygen atoms in total. The Kier molecular flexibility index (Phi) is 7.55. The number of carbonyl (C=O) groups is 3. The minimum Gasteiger partial charge on any atom is -0.487 e. The molecule has 1 aliphatic rings. The Morgan fingerprint density at radius 1 is 1.23 bits per heavy atom. The lowest BCUT2D eigenvalue weighted by Gasteiger charge is -2.18. The smallest absolute Gasteiger partial charge is 0.328 e. The average Bonchev–Trinajstić information content (AvgIpc) is 2.99. The second-order valence-electron chi connectivity index (χ2n) is 6.48. The van der Waals surface area contributed by atoms with Gasteiger partial charge < -0.3 is 9.47 Å². The van der Waals surface area contributed by atoms with Gasteiger partial charge in [-0.15, -0.1) is 0 Å². The zero-order valence-electron chi connectivity index (χ0n) is 16.4.